The largest absolute Gasteiger partial charge is 0.341 e. The minimum atomic E-state index is -0.319. The molecule has 0 spiro atoms. The highest BCUT2D eigenvalue weighted by molar-refractivity contribution is 8.00. The van der Waals surface area contributed by atoms with Gasteiger partial charge in [0.25, 0.3) is 0 Å². The maximum Gasteiger partial charge on any atom is 0.237 e. The number of nitrogens with zero attached hydrogens (tertiary/aromatic N) is 3. The molecule has 1 amide bonds. The quantitative estimate of drug-likeness (QED) is 0.434. The minimum Gasteiger partial charge on any atom is -0.341 e. The van der Waals surface area contributed by atoms with Crippen LogP contribution >= 0.6 is 11.8 Å². The third-order valence-electron chi connectivity index (χ3n) is 3.89. The van der Waals surface area contributed by atoms with Crippen LogP contribution < -0.4 is 5.32 Å². The van der Waals surface area contributed by atoms with E-state index in [4.69, 9.17) is 0 Å². The Morgan fingerprint density at radius 3 is 2.88 bits per heavy atom. The van der Waals surface area contributed by atoms with Gasteiger partial charge in [-0.15, -0.1) is 0 Å². The van der Waals surface area contributed by atoms with E-state index in [1.807, 2.05) is 49.4 Å². The Balaban J connectivity index is 1.55. The molecule has 4 rings (SSSR count). The van der Waals surface area contributed by atoms with Gasteiger partial charge >= 0.3 is 0 Å². The number of rotatable bonds is 4. The molecule has 0 aliphatic carbocycles. The van der Waals surface area contributed by atoms with Gasteiger partial charge in [-0.05, 0) is 18.4 Å². The molecule has 7 heteroatoms. The summed E-state index contributed by atoms with van der Waals surface area (Å²) in [5.41, 5.74) is 2.15. The lowest BCUT2D eigenvalue weighted by Gasteiger charge is -2.13. The van der Waals surface area contributed by atoms with E-state index in [9.17, 15) is 4.79 Å². The number of aromatic amines is 1. The molecule has 0 aliphatic heterocycles. The topological polar surface area (TPSA) is 83.6 Å². The molecule has 0 bridgehead atoms. The van der Waals surface area contributed by atoms with Crippen molar-refractivity contribution in [2.45, 2.75) is 17.2 Å². The third-order valence-corrected chi connectivity index (χ3v) is 4.99. The average molecular weight is 349 g/mol. The highest BCUT2D eigenvalue weighted by atomic mass is 32.2. The van der Waals surface area contributed by atoms with Gasteiger partial charge in [-0.3, -0.25) is 4.79 Å². The van der Waals surface area contributed by atoms with Gasteiger partial charge in [-0.1, -0.05) is 48.2 Å². The zero-order chi connectivity index (χ0) is 17.2. The van der Waals surface area contributed by atoms with Gasteiger partial charge in [-0.25, -0.2) is 15.0 Å². The van der Waals surface area contributed by atoms with Crippen molar-refractivity contribution in [3.8, 4) is 0 Å². The number of nitrogens with one attached hydrogen (secondary N) is 2. The monoisotopic (exact) mass is 349 g/mol. The number of fused-ring (bicyclic) bond motifs is 2. The highest BCUT2D eigenvalue weighted by Crippen LogP contribution is 2.28. The zero-order valence-corrected chi connectivity index (χ0v) is 14.2. The van der Waals surface area contributed by atoms with E-state index in [1.54, 1.807) is 6.33 Å². The van der Waals surface area contributed by atoms with Gasteiger partial charge < -0.3 is 10.3 Å². The first-order valence-corrected chi connectivity index (χ1v) is 8.70. The summed E-state index contributed by atoms with van der Waals surface area (Å²) in [5.74, 6) is -0.0763. The van der Waals surface area contributed by atoms with Crippen molar-refractivity contribution in [1.82, 2.24) is 19.9 Å². The lowest BCUT2D eigenvalue weighted by Crippen LogP contribution is -2.22. The Hall–Kier alpha value is -2.93. The number of hydrogen-bond donors (Lipinski definition) is 2. The van der Waals surface area contributed by atoms with Crippen molar-refractivity contribution < 1.29 is 4.79 Å². The van der Waals surface area contributed by atoms with Crippen LogP contribution in [-0.4, -0.2) is 31.1 Å². The molecule has 0 aliphatic rings. The second-order valence-electron chi connectivity index (χ2n) is 5.56. The standard InChI is InChI=1S/C18H15N5OS/c1-11(25-18-15-16(20-9-19-15)21-10-22-18)17(24)23-14-8-4-6-12-5-2-3-7-13(12)14/h2-11H,1H3,(H,23,24)(H,19,20,21,22)/t11-/m0/s1. The fraction of sp³-hybridized carbons (Fsp3) is 0.111. The van der Waals surface area contributed by atoms with Crippen molar-refractivity contribution in [3.05, 3.63) is 55.1 Å². The number of imidazole rings is 1. The molecule has 2 aromatic carbocycles. The summed E-state index contributed by atoms with van der Waals surface area (Å²) in [5, 5.41) is 5.52. The third kappa shape index (κ3) is 3.06. The van der Waals surface area contributed by atoms with Crippen molar-refractivity contribution in [1.29, 1.82) is 0 Å². The molecule has 1 atom stereocenters. The number of thioether (sulfide) groups is 1. The van der Waals surface area contributed by atoms with E-state index in [0.29, 0.717) is 10.7 Å². The molecule has 0 radical (unpaired) electrons. The average Bonchev–Trinajstić information content (AvgIpc) is 3.12. The number of benzene rings is 2. The van der Waals surface area contributed by atoms with Crippen LogP contribution in [0, 0.1) is 0 Å². The molecule has 2 heterocycles. The van der Waals surface area contributed by atoms with Crippen LogP contribution in [0.1, 0.15) is 6.92 Å². The number of carbonyl (C=O) groups is 1. The number of aromatic nitrogens is 4. The van der Waals surface area contributed by atoms with Crippen LogP contribution in [0.2, 0.25) is 0 Å². The molecule has 0 fully saturated rings. The first-order valence-electron chi connectivity index (χ1n) is 7.82. The Morgan fingerprint density at radius 2 is 1.96 bits per heavy atom. The van der Waals surface area contributed by atoms with Gasteiger partial charge in [0.15, 0.2) is 5.65 Å². The predicted molar refractivity (Wildman–Crippen MR) is 99.6 cm³/mol. The first-order chi connectivity index (χ1) is 12.2. The molecule has 4 aromatic rings. The number of hydrogen-bond acceptors (Lipinski definition) is 5. The molecule has 2 aromatic heterocycles. The van der Waals surface area contributed by atoms with Gasteiger partial charge in [0, 0.05) is 11.1 Å². The van der Waals surface area contributed by atoms with Gasteiger partial charge in [0.1, 0.15) is 16.9 Å². The highest BCUT2D eigenvalue weighted by Gasteiger charge is 2.18. The first kappa shape index (κ1) is 15.6. The summed E-state index contributed by atoms with van der Waals surface area (Å²) in [6, 6.07) is 13.9. The van der Waals surface area contributed by atoms with Crippen molar-refractivity contribution in [2.75, 3.05) is 5.32 Å². The fourth-order valence-corrected chi connectivity index (χ4v) is 3.50. The molecule has 2 N–H and O–H groups in total. The second-order valence-corrected chi connectivity index (χ2v) is 6.89. The number of anilines is 1. The maximum absolute atomic E-state index is 12.6. The Morgan fingerprint density at radius 1 is 1.12 bits per heavy atom. The molecular weight excluding hydrogens is 334 g/mol. The number of amides is 1. The van der Waals surface area contributed by atoms with Crippen LogP contribution in [-0.2, 0) is 4.79 Å². The van der Waals surface area contributed by atoms with Crippen molar-refractivity contribution >= 4 is 45.3 Å². The molecule has 0 saturated carbocycles. The van der Waals surface area contributed by atoms with E-state index < -0.39 is 0 Å². The summed E-state index contributed by atoms with van der Waals surface area (Å²) in [7, 11) is 0. The van der Waals surface area contributed by atoms with Crippen molar-refractivity contribution in [2.24, 2.45) is 0 Å². The maximum atomic E-state index is 12.6. The van der Waals surface area contributed by atoms with E-state index >= 15 is 0 Å². The summed E-state index contributed by atoms with van der Waals surface area (Å²) in [4.78, 5) is 28.1. The van der Waals surface area contributed by atoms with Crippen LogP contribution in [0.15, 0.2) is 60.1 Å². The summed E-state index contributed by atoms with van der Waals surface area (Å²) in [6.07, 6.45) is 3.03. The molecule has 0 unspecified atom stereocenters. The molecular formula is C18H15N5OS. The van der Waals surface area contributed by atoms with E-state index in [1.165, 1.54) is 18.1 Å². The summed E-state index contributed by atoms with van der Waals surface area (Å²) >= 11 is 1.38. The number of H-pyrrole nitrogens is 1. The lowest BCUT2D eigenvalue weighted by atomic mass is 10.1. The fourth-order valence-electron chi connectivity index (χ4n) is 2.62. The van der Waals surface area contributed by atoms with Crippen LogP contribution in [0.3, 0.4) is 0 Å². The second kappa shape index (κ2) is 6.52. The summed E-state index contributed by atoms with van der Waals surface area (Å²) in [6.45, 7) is 1.86. The molecule has 6 nitrogen and oxygen atoms in total. The minimum absolute atomic E-state index is 0.0763. The van der Waals surface area contributed by atoms with Crippen LogP contribution in [0.25, 0.3) is 21.9 Å². The number of carbonyl (C=O) groups excluding carboxylic acids is 1. The van der Waals surface area contributed by atoms with Crippen LogP contribution in [0.4, 0.5) is 5.69 Å². The normalized spacial score (nSPS) is 12.4. The van der Waals surface area contributed by atoms with Gasteiger partial charge in [0.05, 0.1) is 11.6 Å². The summed E-state index contributed by atoms with van der Waals surface area (Å²) < 4.78 is 0. The molecule has 25 heavy (non-hydrogen) atoms. The van der Waals surface area contributed by atoms with E-state index in [-0.39, 0.29) is 11.2 Å². The molecule has 0 saturated heterocycles. The van der Waals surface area contributed by atoms with E-state index in [0.717, 1.165) is 22.0 Å². The molecule has 124 valence electrons. The van der Waals surface area contributed by atoms with Gasteiger partial charge in [-0.2, -0.15) is 0 Å². The van der Waals surface area contributed by atoms with E-state index in [2.05, 4.69) is 25.3 Å². The predicted octanol–water partition coefficient (Wildman–Crippen LogP) is 3.63. The Bertz CT molecular complexity index is 1060. The van der Waals surface area contributed by atoms with Crippen LogP contribution in [0.5, 0.6) is 0 Å². The van der Waals surface area contributed by atoms with Gasteiger partial charge in [0.2, 0.25) is 5.91 Å². The van der Waals surface area contributed by atoms with Crippen molar-refractivity contribution in [3.63, 3.8) is 0 Å². The zero-order valence-electron chi connectivity index (χ0n) is 13.4. The SMILES string of the molecule is C[C@H](Sc1ncnc2nc[nH]c12)C(=O)Nc1cccc2ccccc12. The smallest absolute Gasteiger partial charge is 0.237 e. The Kier molecular flexibility index (Phi) is 4.07. The lowest BCUT2D eigenvalue weighted by molar-refractivity contribution is -0.115. The Labute approximate surface area is 148 Å².